The van der Waals surface area contributed by atoms with Gasteiger partial charge in [0.2, 0.25) is 0 Å². The molecule has 3 rings (SSSR count). The Bertz CT molecular complexity index is 1170. The minimum atomic E-state index is -0.460. The minimum absolute atomic E-state index is 0.227. The maximum absolute atomic E-state index is 12.1. The zero-order chi connectivity index (χ0) is 23.8. The molecule has 0 radical (unpaired) electrons. The van der Waals surface area contributed by atoms with E-state index >= 15 is 0 Å². The van der Waals surface area contributed by atoms with Crippen LogP contribution in [0.1, 0.15) is 23.6 Å². The molecule has 0 aliphatic carbocycles. The van der Waals surface area contributed by atoms with Crippen LogP contribution in [-0.2, 0) is 6.61 Å². The number of hydrazone groups is 1. The van der Waals surface area contributed by atoms with Gasteiger partial charge in [-0.15, -0.1) is 0 Å². The third-order valence-electron chi connectivity index (χ3n) is 4.47. The van der Waals surface area contributed by atoms with Crippen LogP contribution in [0.3, 0.4) is 0 Å². The number of hydrogen-bond donors (Lipinski definition) is 2. The van der Waals surface area contributed by atoms with Gasteiger partial charge in [-0.1, -0.05) is 59.1 Å². The summed E-state index contributed by atoms with van der Waals surface area (Å²) in [5, 5.41) is 7.97. The molecule has 3 aromatic rings. The van der Waals surface area contributed by atoms with E-state index < -0.39 is 6.03 Å². The number of aryl methyl sites for hydroxylation is 1. The number of carbonyl (C=O) groups is 1. The molecule has 0 unspecified atom stereocenters. The summed E-state index contributed by atoms with van der Waals surface area (Å²) in [4.78, 5) is 12.1. The highest BCUT2D eigenvalue weighted by molar-refractivity contribution is 6.42. The first-order chi connectivity index (χ1) is 15.9. The fourth-order valence-corrected chi connectivity index (χ4v) is 3.47. The van der Waals surface area contributed by atoms with Crippen LogP contribution in [0.25, 0.3) is 0 Å². The van der Waals surface area contributed by atoms with E-state index in [0.29, 0.717) is 44.4 Å². The molecule has 6 nitrogen and oxygen atoms in total. The summed E-state index contributed by atoms with van der Waals surface area (Å²) < 4.78 is 11.6. The molecule has 9 heteroatoms. The second-order valence-corrected chi connectivity index (χ2v) is 8.16. The number of halogens is 3. The van der Waals surface area contributed by atoms with Gasteiger partial charge in [-0.05, 0) is 60.9 Å². The second-order valence-electron chi connectivity index (χ2n) is 6.94. The number of para-hydroxylation sites is 1. The van der Waals surface area contributed by atoms with Gasteiger partial charge in [-0.2, -0.15) is 5.10 Å². The topological polar surface area (TPSA) is 72.0 Å². The quantitative estimate of drug-likeness (QED) is 0.253. The number of benzene rings is 3. The van der Waals surface area contributed by atoms with Gasteiger partial charge in [0.05, 0.1) is 27.9 Å². The normalized spacial score (nSPS) is 10.8. The molecule has 0 bridgehead atoms. The van der Waals surface area contributed by atoms with Crippen molar-refractivity contribution in [1.82, 2.24) is 5.43 Å². The smallest absolute Gasteiger partial charge is 0.339 e. The molecule has 2 amide bonds. The lowest BCUT2D eigenvalue weighted by atomic mass is 10.2. The maximum atomic E-state index is 12.1. The summed E-state index contributed by atoms with van der Waals surface area (Å²) in [5.74, 6) is 0.850. The van der Waals surface area contributed by atoms with E-state index in [-0.39, 0.29) is 6.61 Å². The second kappa shape index (κ2) is 11.8. The third kappa shape index (κ3) is 7.02. The van der Waals surface area contributed by atoms with Gasteiger partial charge < -0.3 is 14.8 Å². The van der Waals surface area contributed by atoms with Gasteiger partial charge in [0.15, 0.2) is 11.5 Å². The van der Waals surface area contributed by atoms with Crippen molar-refractivity contribution in [1.29, 1.82) is 0 Å². The predicted octanol–water partition coefficient (Wildman–Crippen LogP) is 7.09. The molecule has 0 atom stereocenters. The summed E-state index contributed by atoms with van der Waals surface area (Å²) in [6, 6.07) is 15.6. The molecule has 33 heavy (non-hydrogen) atoms. The van der Waals surface area contributed by atoms with Crippen LogP contribution in [0.5, 0.6) is 11.5 Å². The zero-order valence-electron chi connectivity index (χ0n) is 18.0. The van der Waals surface area contributed by atoms with E-state index in [1.54, 1.807) is 24.3 Å². The van der Waals surface area contributed by atoms with Crippen LogP contribution in [0, 0.1) is 6.92 Å². The van der Waals surface area contributed by atoms with Gasteiger partial charge in [0, 0.05) is 5.69 Å². The molecule has 0 aromatic heterocycles. The Morgan fingerprint density at radius 3 is 2.52 bits per heavy atom. The van der Waals surface area contributed by atoms with Crippen molar-refractivity contribution < 1.29 is 14.3 Å². The largest absolute Gasteiger partial charge is 0.490 e. The number of rotatable bonds is 8. The lowest BCUT2D eigenvalue weighted by molar-refractivity contribution is 0.252. The van der Waals surface area contributed by atoms with E-state index in [4.69, 9.17) is 44.3 Å². The van der Waals surface area contributed by atoms with Crippen LogP contribution >= 0.6 is 34.8 Å². The Morgan fingerprint density at radius 2 is 1.79 bits per heavy atom. The van der Waals surface area contributed by atoms with Crippen LogP contribution < -0.4 is 20.2 Å². The number of anilines is 1. The van der Waals surface area contributed by atoms with Crippen molar-refractivity contribution in [2.45, 2.75) is 20.5 Å². The molecule has 0 aliphatic rings. The summed E-state index contributed by atoms with van der Waals surface area (Å²) in [7, 11) is 0. The first-order valence-corrected chi connectivity index (χ1v) is 11.2. The lowest BCUT2D eigenvalue weighted by Gasteiger charge is -2.14. The first kappa shape index (κ1) is 24.7. The van der Waals surface area contributed by atoms with E-state index in [9.17, 15) is 4.79 Å². The Labute approximate surface area is 207 Å². The number of nitrogens with one attached hydrogen (secondary N) is 2. The maximum Gasteiger partial charge on any atom is 0.339 e. The number of nitrogens with zero attached hydrogens (tertiary/aromatic N) is 1. The van der Waals surface area contributed by atoms with Gasteiger partial charge in [-0.3, -0.25) is 0 Å². The first-order valence-electron chi connectivity index (χ1n) is 10.1. The van der Waals surface area contributed by atoms with Gasteiger partial charge in [-0.25, -0.2) is 10.2 Å². The monoisotopic (exact) mass is 505 g/mol. The highest BCUT2D eigenvalue weighted by Gasteiger charge is 2.13. The number of hydrogen-bond acceptors (Lipinski definition) is 4. The standard InChI is InChI=1S/C24H22Cl3N3O3/c1-3-32-22-12-17(13-28-30-24(31)29-21-7-5-4-6-15(21)2)11-20(27)23(22)33-14-16-8-9-18(25)19(26)10-16/h4-13H,3,14H2,1-2H3,(H2,29,30,31). The van der Waals surface area contributed by atoms with Crippen molar-refractivity contribution >= 4 is 52.7 Å². The highest BCUT2D eigenvalue weighted by Crippen LogP contribution is 2.37. The fraction of sp³-hybridized carbons (Fsp3) is 0.167. The average Bonchev–Trinajstić information content (AvgIpc) is 2.77. The minimum Gasteiger partial charge on any atom is -0.490 e. The van der Waals surface area contributed by atoms with Crippen molar-refractivity contribution in [2.24, 2.45) is 5.10 Å². The highest BCUT2D eigenvalue weighted by atomic mass is 35.5. The van der Waals surface area contributed by atoms with Crippen LogP contribution in [0.2, 0.25) is 15.1 Å². The van der Waals surface area contributed by atoms with Crippen molar-refractivity contribution in [3.8, 4) is 11.5 Å². The Morgan fingerprint density at radius 1 is 1.00 bits per heavy atom. The Hall–Kier alpha value is -2.93. The van der Waals surface area contributed by atoms with Gasteiger partial charge in [0.25, 0.3) is 0 Å². The number of amides is 2. The molecule has 3 aromatic carbocycles. The molecule has 0 fully saturated rings. The SMILES string of the molecule is CCOc1cc(C=NNC(=O)Nc2ccccc2C)cc(Cl)c1OCc1ccc(Cl)c(Cl)c1. The molecule has 0 heterocycles. The molecule has 0 spiro atoms. The van der Waals surface area contributed by atoms with E-state index in [0.717, 1.165) is 11.1 Å². The summed E-state index contributed by atoms with van der Waals surface area (Å²) >= 11 is 18.5. The van der Waals surface area contributed by atoms with Crippen molar-refractivity contribution in [3.63, 3.8) is 0 Å². The summed E-state index contributed by atoms with van der Waals surface area (Å²) in [6.45, 7) is 4.40. The fourth-order valence-electron chi connectivity index (χ4n) is 2.88. The van der Waals surface area contributed by atoms with E-state index in [2.05, 4.69) is 15.8 Å². The predicted molar refractivity (Wildman–Crippen MR) is 134 cm³/mol. The number of urea groups is 1. The number of carbonyl (C=O) groups excluding carboxylic acids is 1. The lowest BCUT2D eigenvalue weighted by Crippen LogP contribution is -2.24. The third-order valence-corrected chi connectivity index (χ3v) is 5.49. The molecule has 0 saturated heterocycles. The Balaban J connectivity index is 1.68. The molecule has 2 N–H and O–H groups in total. The molecular weight excluding hydrogens is 485 g/mol. The molecule has 0 saturated carbocycles. The summed E-state index contributed by atoms with van der Waals surface area (Å²) in [6.07, 6.45) is 1.47. The zero-order valence-corrected chi connectivity index (χ0v) is 20.3. The van der Waals surface area contributed by atoms with Crippen LogP contribution in [0.4, 0.5) is 10.5 Å². The van der Waals surface area contributed by atoms with Gasteiger partial charge in [0.1, 0.15) is 6.61 Å². The van der Waals surface area contributed by atoms with Crippen LogP contribution in [0.15, 0.2) is 59.7 Å². The number of ether oxygens (including phenoxy) is 2. The molecule has 172 valence electrons. The van der Waals surface area contributed by atoms with Crippen molar-refractivity contribution in [3.05, 3.63) is 86.4 Å². The van der Waals surface area contributed by atoms with E-state index in [1.807, 2.05) is 44.2 Å². The van der Waals surface area contributed by atoms with Crippen LogP contribution in [-0.4, -0.2) is 18.9 Å². The average molecular weight is 507 g/mol. The van der Waals surface area contributed by atoms with Gasteiger partial charge >= 0.3 is 6.03 Å². The molecular formula is C24H22Cl3N3O3. The van der Waals surface area contributed by atoms with E-state index in [1.165, 1.54) is 6.21 Å². The molecule has 0 aliphatic heterocycles. The summed E-state index contributed by atoms with van der Waals surface area (Å²) in [5.41, 5.74) is 5.54. The van der Waals surface area contributed by atoms with Crippen molar-refractivity contribution in [2.75, 3.05) is 11.9 Å². The Kier molecular flexibility index (Phi) is 8.83.